The van der Waals surface area contributed by atoms with E-state index in [-0.39, 0.29) is 45.5 Å². The average Bonchev–Trinajstić information content (AvgIpc) is 1.14. The summed E-state index contributed by atoms with van der Waals surface area (Å²) in [5, 5.41) is 0. The van der Waals surface area contributed by atoms with Gasteiger partial charge in [-0.25, -0.2) is 0 Å². The molecule has 0 aliphatic rings. The van der Waals surface area contributed by atoms with Crippen molar-refractivity contribution in [2.75, 3.05) is 0 Å². The third-order valence-electron chi connectivity index (χ3n) is 0.612. The van der Waals surface area contributed by atoms with Gasteiger partial charge in [0.1, 0.15) is 0 Å². The van der Waals surface area contributed by atoms with E-state index < -0.39 is 16.6 Å². The Hall–Kier alpha value is 1.87. The molecule has 2 radical (unpaired) electrons. The molecule has 0 atom stereocenters. The van der Waals surface area contributed by atoms with Gasteiger partial charge in [0, 0.05) is 45.5 Å². The van der Waals surface area contributed by atoms with Crippen LogP contribution in [0.25, 0.3) is 0 Å². The van der Waals surface area contributed by atoms with Gasteiger partial charge in [0.2, 0.25) is 0 Å². The molecule has 0 unspecified atom stereocenters. The maximum absolute atomic E-state index is 5.90. The summed E-state index contributed by atoms with van der Waals surface area (Å²) in [6.45, 7) is 13.4. The first-order valence-electron chi connectivity index (χ1n) is 3.41. The minimum Gasteiger partial charge on any atom is -0.456 e. The summed E-state index contributed by atoms with van der Waals surface area (Å²) < 4.78 is 5.90. The summed E-state index contributed by atoms with van der Waals surface area (Å²) >= 11 is 0. The molecule has 0 N–H and O–H groups in total. The zero-order chi connectivity index (χ0) is 7.71. The fraction of sp³-hybridized carbons (Fsp3) is 1.00. The molecule has 58 valence electrons. The predicted molar refractivity (Wildman–Crippen MR) is 53.5 cm³/mol. The van der Waals surface area contributed by atoms with Crippen LogP contribution in [0, 0.1) is 0 Å². The van der Waals surface area contributed by atoms with Crippen molar-refractivity contribution >= 4 is 62.1 Å². The molecule has 0 aromatic rings. The Morgan fingerprint density at radius 1 is 0.700 bits per heavy atom. The molecule has 0 aliphatic carbocycles. The quantitative estimate of drug-likeness (QED) is 0.683. The first kappa shape index (κ1) is 14.4. The van der Waals surface area contributed by atoms with E-state index in [9.17, 15) is 0 Å². The second-order valence-electron chi connectivity index (χ2n) is 4.33. The van der Waals surface area contributed by atoms with Gasteiger partial charge in [-0.3, -0.25) is 0 Å². The van der Waals surface area contributed by atoms with Gasteiger partial charge in [0.25, 0.3) is 0 Å². The number of hydrogen-bond acceptors (Lipinski definition) is 1. The summed E-state index contributed by atoms with van der Waals surface area (Å²) in [5.41, 5.74) is 0. The van der Waals surface area contributed by atoms with E-state index in [2.05, 4.69) is 39.3 Å². The molecule has 0 aromatic heterocycles. The van der Waals surface area contributed by atoms with Crippen molar-refractivity contribution in [3.63, 3.8) is 0 Å². The Morgan fingerprint density at radius 3 is 0.900 bits per heavy atom. The van der Waals surface area contributed by atoms with Crippen LogP contribution in [0.5, 0.6) is 0 Å². The van der Waals surface area contributed by atoms with E-state index in [4.69, 9.17) is 4.12 Å². The molecule has 10 heavy (non-hydrogen) atoms. The summed E-state index contributed by atoms with van der Waals surface area (Å²) in [5.74, 6) is 0. The summed E-state index contributed by atoms with van der Waals surface area (Å²) in [6, 6.07) is 0. The number of rotatable bonds is 2. The van der Waals surface area contributed by atoms with Gasteiger partial charge >= 0.3 is 0 Å². The molecular formula is C6H18OSi2Sr. The largest absolute Gasteiger partial charge is 0.456 e. The third-order valence-corrected chi connectivity index (χ3v) is 5.51. The van der Waals surface area contributed by atoms with Crippen LogP contribution in [0.1, 0.15) is 0 Å². The molecule has 0 rings (SSSR count). The minimum absolute atomic E-state index is 0. The molecule has 4 heteroatoms. The van der Waals surface area contributed by atoms with Crippen molar-refractivity contribution in [3.05, 3.63) is 0 Å². The van der Waals surface area contributed by atoms with Crippen molar-refractivity contribution in [2.45, 2.75) is 39.3 Å². The Bertz CT molecular complexity index is 80.9. The molecule has 0 fully saturated rings. The van der Waals surface area contributed by atoms with Gasteiger partial charge in [0.05, 0.1) is 0 Å². The van der Waals surface area contributed by atoms with Gasteiger partial charge in [0.15, 0.2) is 16.6 Å². The van der Waals surface area contributed by atoms with Gasteiger partial charge in [-0.15, -0.1) is 0 Å². The average molecular weight is 250 g/mol. The molecule has 1 nitrogen and oxygen atoms in total. The maximum atomic E-state index is 5.90. The van der Waals surface area contributed by atoms with E-state index in [0.717, 1.165) is 0 Å². The fourth-order valence-corrected chi connectivity index (χ4v) is 8.27. The molecule has 0 bridgehead atoms. The molecule has 0 amide bonds. The zero-order valence-corrected chi connectivity index (χ0v) is 13.6. The van der Waals surface area contributed by atoms with Crippen LogP contribution >= 0.6 is 0 Å². The van der Waals surface area contributed by atoms with Crippen molar-refractivity contribution < 1.29 is 4.12 Å². The van der Waals surface area contributed by atoms with Crippen LogP contribution < -0.4 is 0 Å². The van der Waals surface area contributed by atoms with E-state index in [1.807, 2.05) is 0 Å². The topological polar surface area (TPSA) is 9.23 Å². The van der Waals surface area contributed by atoms with Gasteiger partial charge in [-0.05, 0) is 39.3 Å². The standard InChI is InChI=1S/C6H18OSi2.Sr/c1-8(2,3)7-9(4,5)6;/h1-6H3;. The summed E-state index contributed by atoms with van der Waals surface area (Å²) in [4.78, 5) is 0. The van der Waals surface area contributed by atoms with Crippen molar-refractivity contribution in [1.29, 1.82) is 0 Å². The van der Waals surface area contributed by atoms with E-state index in [0.29, 0.717) is 0 Å². The van der Waals surface area contributed by atoms with Gasteiger partial charge < -0.3 is 4.12 Å². The van der Waals surface area contributed by atoms with Crippen LogP contribution in [0.15, 0.2) is 0 Å². The van der Waals surface area contributed by atoms with Crippen LogP contribution in [0.3, 0.4) is 0 Å². The first-order chi connectivity index (χ1) is 3.71. The Labute approximate surface area is 104 Å². The molecule has 0 aromatic carbocycles. The summed E-state index contributed by atoms with van der Waals surface area (Å²) in [6.07, 6.45) is 0. The monoisotopic (exact) mass is 250 g/mol. The SMILES string of the molecule is C[Si](C)(C)O[Si](C)(C)C.[Sr]. The van der Waals surface area contributed by atoms with Gasteiger partial charge in [-0.1, -0.05) is 0 Å². The fourth-order valence-electron chi connectivity index (χ4n) is 0.919. The molecule has 0 spiro atoms. The van der Waals surface area contributed by atoms with E-state index in [1.54, 1.807) is 0 Å². The molecular weight excluding hydrogens is 232 g/mol. The Balaban J connectivity index is 0. The zero-order valence-electron chi connectivity index (χ0n) is 8.12. The maximum Gasteiger partial charge on any atom is 0.170 e. The molecule has 0 saturated carbocycles. The van der Waals surface area contributed by atoms with Crippen molar-refractivity contribution in [2.24, 2.45) is 0 Å². The van der Waals surface area contributed by atoms with Crippen LogP contribution in [0.2, 0.25) is 39.3 Å². The smallest absolute Gasteiger partial charge is 0.170 e. The second kappa shape index (κ2) is 4.79. The van der Waals surface area contributed by atoms with Gasteiger partial charge in [-0.2, -0.15) is 0 Å². The van der Waals surface area contributed by atoms with E-state index in [1.165, 1.54) is 0 Å². The first-order valence-corrected chi connectivity index (χ1v) is 10.2. The van der Waals surface area contributed by atoms with Crippen molar-refractivity contribution in [1.82, 2.24) is 0 Å². The minimum atomic E-state index is -1.23. The molecule has 0 aliphatic heterocycles. The Kier molecular flexibility index (Phi) is 6.90. The molecule has 0 heterocycles. The normalized spacial score (nSPS) is 12.6. The van der Waals surface area contributed by atoms with E-state index >= 15 is 0 Å². The van der Waals surface area contributed by atoms with Crippen LogP contribution in [-0.4, -0.2) is 62.1 Å². The third kappa shape index (κ3) is 12.5. The second-order valence-corrected chi connectivity index (χ2v) is 13.6. The predicted octanol–water partition coefficient (Wildman–Crippen LogP) is 2.29. The summed E-state index contributed by atoms with van der Waals surface area (Å²) in [7, 11) is -2.46. The van der Waals surface area contributed by atoms with Crippen LogP contribution in [-0.2, 0) is 4.12 Å². The molecule has 0 saturated heterocycles. The Morgan fingerprint density at radius 2 is 0.900 bits per heavy atom. The van der Waals surface area contributed by atoms with Crippen molar-refractivity contribution in [3.8, 4) is 0 Å². The van der Waals surface area contributed by atoms with Crippen LogP contribution in [0.4, 0.5) is 0 Å². The number of hydrogen-bond donors (Lipinski definition) is 0.